The van der Waals surface area contributed by atoms with Gasteiger partial charge >= 0.3 is 0 Å². The first-order valence-corrected chi connectivity index (χ1v) is 9.28. The molecule has 2 heteroatoms. The van der Waals surface area contributed by atoms with E-state index in [0.29, 0.717) is 6.42 Å². The first-order chi connectivity index (χ1) is 11.7. The number of benzene rings is 2. The van der Waals surface area contributed by atoms with E-state index < -0.39 is 0 Å². The Morgan fingerprint density at radius 1 is 0.880 bits per heavy atom. The van der Waals surface area contributed by atoms with Crippen molar-refractivity contribution in [2.45, 2.75) is 64.7 Å². The number of carbonyl (C=O) groups is 1. The van der Waals surface area contributed by atoms with E-state index in [1.807, 2.05) is 31.2 Å². The minimum atomic E-state index is 0.185. The third-order valence-electron chi connectivity index (χ3n) is 5.67. The Morgan fingerprint density at radius 2 is 1.44 bits per heavy atom. The number of nitrogens with one attached hydrogen (secondary N) is 1. The van der Waals surface area contributed by atoms with Gasteiger partial charge < -0.3 is 5.32 Å². The lowest BCUT2D eigenvalue weighted by Gasteiger charge is -2.42. The van der Waals surface area contributed by atoms with Gasteiger partial charge in [-0.25, -0.2) is 0 Å². The summed E-state index contributed by atoms with van der Waals surface area (Å²) in [6.45, 7) is 11.3. The summed E-state index contributed by atoms with van der Waals surface area (Å²) in [7, 11) is 0. The van der Waals surface area contributed by atoms with Gasteiger partial charge in [-0.2, -0.15) is 0 Å². The smallest absolute Gasteiger partial charge is 0.162 e. The number of hydrogen-bond donors (Lipinski definition) is 1. The summed E-state index contributed by atoms with van der Waals surface area (Å²) in [5.74, 6) is 0.185. The first-order valence-electron chi connectivity index (χ1n) is 9.28. The highest BCUT2D eigenvalue weighted by Gasteiger charge is 2.36. The van der Waals surface area contributed by atoms with Crippen LogP contribution in [0.1, 0.15) is 75.4 Å². The number of rotatable bonds is 4. The lowest BCUT2D eigenvalue weighted by molar-refractivity contribution is 0.0988. The zero-order valence-corrected chi connectivity index (χ0v) is 16.1. The molecule has 0 atom stereocenters. The maximum absolute atomic E-state index is 11.8. The van der Waals surface area contributed by atoms with Crippen LogP contribution in [0.5, 0.6) is 0 Å². The largest absolute Gasteiger partial charge is 0.356 e. The highest BCUT2D eigenvalue weighted by molar-refractivity contribution is 5.96. The van der Waals surface area contributed by atoms with E-state index in [1.165, 1.54) is 24.0 Å². The second-order valence-electron chi connectivity index (χ2n) is 8.51. The van der Waals surface area contributed by atoms with Crippen LogP contribution in [0.2, 0.25) is 0 Å². The lowest BCUT2D eigenvalue weighted by Crippen LogP contribution is -2.33. The summed E-state index contributed by atoms with van der Waals surface area (Å²) >= 11 is 0. The molecule has 132 valence electrons. The third-order valence-corrected chi connectivity index (χ3v) is 5.67. The molecule has 0 amide bonds. The average molecular weight is 335 g/mol. The second kappa shape index (κ2) is 6.33. The van der Waals surface area contributed by atoms with Crippen LogP contribution in [0.25, 0.3) is 0 Å². The summed E-state index contributed by atoms with van der Waals surface area (Å²) in [6, 6.07) is 14.5. The van der Waals surface area contributed by atoms with Gasteiger partial charge in [0.15, 0.2) is 5.78 Å². The highest BCUT2D eigenvalue weighted by atomic mass is 16.1. The Kier molecular flexibility index (Phi) is 4.49. The van der Waals surface area contributed by atoms with Crippen LogP contribution in [-0.2, 0) is 10.8 Å². The van der Waals surface area contributed by atoms with Crippen LogP contribution >= 0.6 is 0 Å². The summed E-state index contributed by atoms with van der Waals surface area (Å²) in [5.41, 5.74) is 6.27. The van der Waals surface area contributed by atoms with Gasteiger partial charge in [-0.3, -0.25) is 4.79 Å². The molecule has 0 radical (unpaired) electrons. The fourth-order valence-electron chi connectivity index (χ4n) is 3.78. The molecule has 3 rings (SSSR count). The summed E-state index contributed by atoms with van der Waals surface area (Å²) in [6.07, 6.45) is 2.99. The molecule has 0 unspecified atom stereocenters. The number of hydrogen-bond acceptors (Lipinski definition) is 2. The van der Waals surface area contributed by atoms with E-state index in [2.05, 4.69) is 51.2 Å². The Hall–Kier alpha value is -2.09. The van der Waals surface area contributed by atoms with Crippen LogP contribution in [0.4, 0.5) is 11.4 Å². The van der Waals surface area contributed by atoms with Crippen molar-refractivity contribution in [3.63, 3.8) is 0 Å². The van der Waals surface area contributed by atoms with E-state index in [9.17, 15) is 4.79 Å². The van der Waals surface area contributed by atoms with Gasteiger partial charge in [0.2, 0.25) is 0 Å². The van der Waals surface area contributed by atoms with Gasteiger partial charge in [-0.15, -0.1) is 0 Å². The molecule has 2 nitrogen and oxygen atoms in total. The Balaban J connectivity index is 1.88. The molecule has 0 aromatic heterocycles. The van der Waals surface area contributed by atoms with Crippen molar-refractivity contribution in [1.29, 1.82) is 0 Å². The van der Waals surface area contributed by atoms with Gasteiger partial charge in [-0.05, 0) is 71.2 Å². The first kappa shape index (κ1) is 17.7. The highest BCUT2D eigenvalue weighted by Crippen LogP contribution is 2.46. The minimum absolute atomic E-state index is 0.185. The van der Waals surface area contributed by atoms with Crippen LogP contribution < -0.4 is 5.32 Å². The standard InChI is InChI=1S/C23H29NO/c1-6-21(25)16-7-9-17(10-8-16)24-18-11-12-19-20(15-18)23(4,5)14-13-22(19,2)3/h7-12,15,24H,6,13-14H2,1-5H3. The monoisotopic (exact) mass is 335 g/mol. The molecular weight excluding hydrogens is 306 g/mol. The average Bonchev–Trinajstić information content (AvgIpc) is 2.59. The molecule has 1 N–H and O–H groups in total. The number of carbonyl (C=O) groups excluding carboxylic acids is 1. The summed E-state index contributed by atoms with van der Waals surface area (Å²) in [4.78, 5) is 11.8. The molecule has 0 saturated heterocycles. The van der Waals surface area contributed by atoms with Crippen molar-refractivity contribution in [1.82, 2.24) is 0 Å². The molecule has 0 spiro atoms. The normalized spacial score (nSPS) is 17.6. The molecule has 0 fully saturated rings. The zero-order valence-electron chi connectivity index (χ0n) is 16.1. The van der Waals surface area contributed by atoms with Crippen molar-refractivity contribution in [3.8, 4) is 0 Å². The minimum Gasteiger partial charge on any atom is -0.356 e. The molecule has 2 aromatic rings. The van der Waals surface area contributed by atoms with Gasteiger partial charge in [0.25, 0.3) is 0 Å². The maximum Gasteiger partial charge on any atom is 0.162 e. The molecule has 25 heavy (non-hydrogen) atoms. The van der Waals surface area contributed by atoms with Crippen molar-refractivity contribution >= 4 is 17.2 Å². The molecule has 0 bridgehead atoms. The quantitative estimate of drug-likeness (QED) is 0.658. The predicted molar refractivity (Wildman–Crippen MR) is 106 cm³/mol. The van der Waals surface area contributed by atoms with E-state index in [1.54, 1.807) is 0 Å². The number of ketones is 1. The molecular formula is C23H29NO. The summed E-state index contributed by atoms with van der Waals surface area (Å²) < 4.78 is 0. The van der Waals surface area contributed by atoms with E-state index in [4.69, 9.17) is 0 Å². The van der Waals surface area contributed by atoms with Crippen LogP contribution in [-0.4, -0.2) is 5.78 Å². The van der Waals surface area contributed by atoms with E-state index in [0.717, 1.165) is 16.9 Å². The topological polar surface area (TPSA) is 29.1 Å². The third kappa shape index (κ3) is 3.49. The molecule has 0 heterocycles. The van der Waals surface area contributed by atoms with Gasteiger partial charge in [0, 0.05) is 23.4 Å². The molecule has 2 aromatic carbocycles. The Bertz CT molecular complexity index is 784. The zero-order chi connectivity index (χ0) is 18.2. The number of Topliss-reactive ketones (excluding diaryl/α,β-unsaturated/α-hetero) is 1. The maximum atomic E-state index is 11.8. The lowest BCUT2D eigenvalue weighted by atomic mass is 9.63. The summed E-state index contributed by atoms with van der Waals surface area (Å²) in [5, 5.41) is 3.49. The fourth-order valence-corrected chi connectivity index (χ4v) is 3.78. The van der Waals surface area contributed by atoms with Gasteiger partial charge in [0.05, 0.1) is 0 Å². The Labute approximate surface area is 151 Å². The van der Waals surface area contributed by atoms with Gasteiger partial charge in [-0.1, -0.05) is 40.7 Å². The second-order valence-corrected chi connectivity index (χ2v) is 8.51. The van der Waals surface area contributed by atoms with Crippen molar-refractivity contribution in [3.05, 3.63) is 59.2 Å². The number of anilines is 2. The van der Waals surface area contributed by atoms with Crippen molar-refractivity contribution in [2.24, 2.45) is 0 Å². The van der Waals surface area contributed by atoms with Crippen LogP contribution in [0.15, 0.2) is 42.5 Å². The SMILES string of the molecule is CCC(=O)c1ccc(Nc2ccc3c(c2)C(C)(C)CCC3(C)C)cc1. The van der Waals surface area contributed by atoms with Gasteiger partial charge in [0.1, 0.15) is 0 Å². The van der Waals surface area contributed by atoms with Crippen LogP contribution in [0, 0.1) is 0 Å². The molecule has 0 saturated carbocycles. The fraction of sp³-hybridized carbons (Fsp3) is 0.435. The Morgan fingerprint density at radius 3 is 2.04 bits per heavy atom. The van der Waals surface area contributed by atoms with Crippen LogP contribution in [0.3, 0.4) is 0 Å². The van der Waals surface area contributed by atoms with E-state index >= 15 is 0 Å². The molecule has 1 aliphatic carbocycles. The van der Waals surface area contributed by atoms with Crippen molar-refractivity contribution < 1.29 is 4.79 Å². The van der Waals surface area contributed by atoms with E-state index in [-0.39, 0.29) is 16.6 Å². The molecule has 1 aliphatic rings. The predicted octanol–water partition coefficient (Wildman–Crippen LogP) is 6.37. The molecule has 0 aliphatic heterocycles. The van der Waals surface area contributed by atoms with Crippen molar-refractivity contribution in [2.75, 3.05) is 5.32 Å². The number of fused-ring (bicyclic) bond motifs is 1.